The van der Waals surface area contributed by atoms with Crippen molar-refractivity contribution in [3.05, 3.63) is 46.2 Å². The quantitative estimate of drug-likeness (QED) is 0.751. The van der Waals surface area contributed by atoms with E-state index in [4.69, 9.17) is 0 Å². The molecule has 5 heteroatoms. The van der Waals surface area contributed by atoms with Crippen molar-refractivity contribution in [3.63, 3.8) is 0 Å². The molecular formula is C17H23N3OS. The maximum Gasteiger partial charge on any atom is 0.228 e. The van der Waals surface area contributed by atoms with Crippen molar-refractivity contribution in [1.29, 1.82) is 0 Å². The summed E-state index contributed by atoms with van der Waals surface area (Å²) in [4.78, 5) is 22.5. The summed E-state index contributed by atoms with van der Waals surface area (Å²) in [6, 6.07) is 4.06. The van der Waals surface area contributed by atoms with Crippen LogP contribution < -0.4 is 0 Å². The first-order chi connectivity index (χ1) is 10.7. The molecule has 0 radical (unpaired) electrons. The van der Waals surface area contributed by atoms with Crippen LogP contribution in [-0.2, 0) is 24.1 Å². The molecule has 118 valence electrons. The van der Waals surface area contributed by atoms with Gasteiger partial charge in [0.25, 0.3) is 0 Å². The Morgan fingerprint density at radius 2 is 2.05 bits per heavy atom. The molecule has 0 aliphatic heterocycles. The van der Waals surface area contributed by atoms with Gasteiger partial charge in [-0.05, 0) is 30.5 Å². The fourth-order valence-corrected chi connectivity index (χ4v) is 2.95. The predicted octanol–water partition coefficient (Wildman–Crippen LogP) is 3.12. The fraction of sp³-hybridized carbons (Fsp3) is 0.471. The van der Waals surface area contributed by atoms with E-state index in [0.29, 0.717) is 6.42 Å². The minimum atomic E-state index is 0.152. The lowest BCUT2D eigenvalue weighted by Gasteiger charge is -2.15. The third-order valence-electron chi connectivity index (χ3n) is 3.58. The van der Waals surface area contributed by atoms with Crippen molar-refractivity contribution in [2.75, 3.05) is 13.6 Å². The second kappa shape index (κ2) is 8.63. The fourth-order valence-electron chi connectivity index (χ4n) is 2.16. The summed E-state index contributed by atoms with van der Waals surface area (Å²) in [6.07, 6.45) is 8.06. The molecular weight excluding hydrogens is 294 g/mol. The topological polar surface area (TPSA) is 46.1 Å². The lowest BCUT2D eigenvalue weighted by Crippen LogP contribution is -2.29. The van der Waals surface area contributed by atoms with Crippen LogP contribution in [0.3, 0.4) is 0 Å². The first-order valence-corrected chi connectivity index (χ1v) is 8.63. The van der Waals surface area contributed by atoms with Gasteiger partial charge in [-0.2, -0.15) is 0 Å². The third-order valence-corrected chi connectivity index (χ3v) is 4.54. The van der Waals surface area contributed by atoms with E-state index < -0.39 is 0 Å². The van der Waals surface area contributed by atoms with Gasteiger partial charge in [0.05, 0.1) is 17.1 Å². The van der Waals surface area contributed by atoms with E-state index in [1.54, 1.807) is 16.2 Å². The Balaban J connectivity index is 1.82. The van der Waals surface area contributed by atoms with Gasteiger partial charge in [-0.15, -0.1) is 11.3 Å². The first kappa shape index (κ1) is 16.6. The van der Waals surface area contributed by atoms with Gasteiger partial charge in [0.1, 0.15) is 0 Å². The molecule has 2 aromatic rings. The van der Waals surface area contributed by atoms with Crippen LogP contribution in [-0.4, -0.2) is 34.4 Å². The van der Waals surface area contributed by atoms with Crippen LogP contribution in [0.2, 0.25) is 0 Å². The summed E-state index contributed by atoms with van der Waals surface area (Å²) in [6.45, 7) is 2.96. The van der Waals surface area contributed by atoms with Crippen molar-refractivity contribution >= 4 is 17.2 Å². The average molecular weight is 317 g/mol. The highest BCUT2D eigenvalue weighted by molar-refractivity contribution is 7.09. The van der Waals surface area contributed by atoms with Crippen molar-refractivity contribution < 1.29 is 4.79 Å². The highest BCUT2D eigenvalue weighted by atomic mass is 32.1. The average Bonchev–Trinajstić information content (AvgIpc) is 2.99. The first-order valence-electron chi connectivity index (χ1n) is 7.75. The van der Waals surface area contributed by atoms with Gasteiger partial charge in [-0.3, -0.25) is 9.78 Å². The van der Waals surface area contributed by atoms with E-state index in [1.165, 1.54) is 5.56 Å². The summed E-state index contributed by atoms with van der Waals surface area (Å²) < 4.78 is 0. The monoisotopic (exact) mass is 317 g/mol. The highest BCUT2D eigenvalue weighted by Gasteiger charge is 2.11. The molecule has 0 aromatic carbocycles. The normalized spacial score (nSPS) is 10.6. The van der Waals surface area contributed by atoms with Crippen LogP contribution in [0.25, 0.3) is 0 Å². The number of unbranched alkanes of at least 4 members (excludes halogenated alkanes) is 1. The number of amides is 1. The molecule has 2 aromatic heterocycles. The van der Waals surface area contributed by atoms with Gasteiger partial charge in [0, 0.05) is 37.8 Å². The largest absolute Gasteiger partial charge is 0.345 e. The number of pyridine rings is 1. The van der Waals surface area contributed by atoms with E-state index >= 15 is 0 Å². The van der Waals surface area contributed by atoms with Crippen LogP contribution >= 0.6 is 11.3 Å². The van der Waals surface area contributed by atoms with E-state index in [1.807, 2.05) is 37.0 Å². The number of aryl methyl sites for hydroxylation is 2. The van der Waals surface area contributed by atoms with E-state index in [0.717, 1.165) is 42.9 Å². The number of likely N-dealkylation sites (N-methyl/N-ethyl adjacent to an activating group) is 1. The molecule has 0 bridgehead atoms. The molecule has 2 heterocycles. The smallest absolute Gasteiger partial charge is 0.228 e. The highest BCUT2D eigenvalue weighted by Crippen LogP contribution is 2.14. The summed E-state index contributed by atoms with van der Waals surface area (Å²) in [5.74, 6) is 0.152. The van der Waals surface area contributed by atoms with Crippen LogP contribution in [0.4, 0.5) is 0 Å². The van der Waals surface area contributed by atoms with Crippen LogP contribution in [0.15, 0.2) is 29.9 Å². The molecule has 0 N–H and O–H groups in total. The second-order valence-corrected chi connectivity index (χ2v) is 6.38. The molecule has 0 saturated heterocycles. The number of carbonyl (C=O) groups excluding carboxylic acids is 1. The number of hydrogen-bond donors (Lipinski definition) is 0. The molecule has 22 heavy (non-hydrogen) atoms. The number of thiazole rings is 1. The molecule has 0 unspecified atom stereocenters. The zero-order chi connectivity index (χ0) is 15.8. The molecule has 1 amide bonds. The Morgan fingerprint density at radius 3 is 2.77 bits per heavy atom. The van der Waals surface area contributed by atoms with Crippen molar-refractivity contribution in [2.45, 2.75) is 39.0 Å². The van der Waals surface area contributed by atoms with E-state index in [9.17, 15) is 4.79 Å². The molecule has 2 rings (SSSR count). The zero-order valence-corrected chi connectivity index (χ0v) is 14.1. The minimum absolute atomic E-state index is 0.152. The Hall–Kier alpha value is -1.75. The Bertz CT molecular complexity index is 583. The summed E-state index contributed by atoms with van der Waals surface area (Å²) >= 11 is 1.64. The van der Waals surface area contributed by atoms with Crippen LogP contribution in [0.1, 0.15) is 36.0 Å². The van der Waals surface area contributed by atoms with E-state index in [-0.39, 0.29) is 5.91 Å². The SMILES string of the molecule is CCCCN(C)C(=O)Cc1csc(CCc2ccncc2)n1. The molecule has 0 fully saturated rings. The number of hydrogen-bond acceptors (Lipinski definition) is 4. The summed E-state index contributed by atoms with van der Waals surface area (Å²) in [5, 5.41) is 3.10. The zero-order valence-electron chi connectivity index (χ0n) is 13.3. The number of rotatable bonds is 8. The lowest BCUT2D eigenvalue weighted by atomic mass is 10.1. The molecule has 0 aliphatic rings. The number of aromatic nitrogens is 2. The number of nitrogens with zero attached hydrogens (tertiary/aromatic N) is 3. The Kier molecular flexibility index (Phi) is 6.52. The second-order valence-electron chi connectivity index (χ2n) is 5.43. The van der Waals surface area contributed by atoms with Crippen LogP contribution in [0.5, 0.6) is 0 Å². The summed E-state index contributed by atoms with van der Waals surface area (Å²) in [5.41, 5.74) is 2.16. The van der Waals surface area contributed by atoms with Gasteiger partial charge in [-0.1, -0.05) is 13.3 Å². The van der Waals surface area contributed by atoms with Gasteiger partial charge in [0.15, 0.2) is 0 Å². The minimum Gasteiger partial charge on any atom is -0.345 e. The molecule has 0 atom stereocenters. The molecule has 0 spiro atoms. The predicted molar refractivity (Wildman–Crippen MR) is 90.0 cm³/mol. The van der Waals surface area contributed by atoms with Gasteiger partial charge in [0.2, 0.25) is 5.91 Å². The third kappa shape index (κ3) is 5.22. The molecule has 4 nitrogen and oxygen atoms in total. The van der Waals surface area contributed by atoms with Crippen molar-refractivity contribution in [1.82, 2.24) is 14.9 Å². The van der Waals surface area contributed by atoms with Crippen molar-refractivity contribution in [2.24, 2.45) is 0 Å². The van der Waals surface area contributed by atoms with Gasteiger partial charge < -0.3 is 4.90 Å². The summed E-state index contributed by atoms with van der Waals surface area (Å²) in [7, 11) is 1.87. The lowest BCUT2D eigenvalue weighted by molar-refractivity contribution is -0.129. The van der Waals surface area contributed by atoms with Crippen molar-refractivity contribution in [3.8, 4) is 0 Å². The van der Waals surface area contributed by atoms with Crippen LogP contribution in [0, 0.1) is 0 Å². The molecule has 0 saturated carbocycles. The van der Waals surface area contributed by atoms with Gasteiger partial charge >= 0.3 is 0 Å². The molecule has 0 aliphatic carbocycles. The maximum absolute atomic E-state index is 12.1. The van der Waals surface area contributed by atoms with E-state index in [2.05, 4.69) is 16.9 Å². The maximum atomic E-state index is 12.1. The standard InChI is InChI=1S/C17H23N3OS/c1-3-4-11-20(2)17(21)12-15-13-22-16(19-15)6-5-14-7-9-18-10-8-14/h7-10,13H,3-6,11-12H2,1-2H3. The Labute approximate surface area is 136 Å². The number of carbonyl (C=O) groups is 1. The Morgan fingerprint density at radius 1 is 1.27 bits per heavy atom. The van der Waals surface area contributed by atoms with Gasteiger partial charge in [-0.25, -0.2) is 4.98 Å².